The van der Waals surface area contributed by atoms with Gasteiger partial charge in [-0.05, 0) is 18.4 Å². The van der Waals surface area contributed by atoms with E-state index in [1.165, 1.54) is 0 Å². The Balaban J connectivity index is 2.34. The van der Waals surface area contributed by atoms with E-state index in [-0.39, 0.29) is 6.04 Å². The maximum Gasteiger partial charge on any atom is 0.235 e. The molecule has 1 aliphatic carbocycles. The van der Waals surface area contributed by atoms with E-state index in [2.05, 4.69) is 9.98 Å². The average Bonchev–Trinajstić information content (AvgIpc) is 2.43. The van der Waals surface area contributed by atoms with Crippen LogP contribution in [0.1, 0.15) is 31.2 Å². The van der Waals surface area contributed by atoms with E-state index >= 15 is 0 Å². The minimum Gasteiger partial charge on any atom is -0.211 e. The third kappa shape index (κ3) is 3.05. The second kappa shape index (κ2) is 6.24. The SMILES string of the molecule is O=C=NC1CCCCC1(Cc1ccccc1)N=C=O. The summed E-state index contributed by atoms with van der Waals surface area (Å²) in [7, 11) is 0. The Kier molecular flexibility index (Phi) is 4.40. The molecule has 0 spiro atoms. The molecule has 2 atom stereocenters. The molecule has 0 amide bonds. The maximum absolute atomic E-state index is 10.8. The van der Waals surface area contributed by atoms with Gasteiger partial charge in [0, 0.05) is 6.42 Å². The van der Waals surface area contributed by atoms with Gasteiger partial charge in [-0.25, -0.2) is 9.59 Å². The summed E-state index contributed by atoms with van der Waals surface area (Å²) in [4.78, 5) is 29.3. The van der Waals surface area contributed by atoms with Gasteiger partial charge in [-0.15, -0.1) is 0 Å². The van der Waals surface area contributed by atoms with Crippen LogP contribution in [0.25, 0.3) is 0 Å². The predicted molar refractivity (Wildman–Crippen MR) is 71.4 cm³/mol. The summed E-state index contributed by atoms with van der Waals surface area (Å²) in [5.41, 5.74) is 0.466. The highest BCUT2D eigenvalue weighted by atomic mass is 16.1. The monoisotopic (exact) mass is 256 g/mol. The molecular formula is C15H16N2O2. The van der Waals surface area contributed by atoms with Gasteiger partial charge in [0.25, 0.3) is 0 Å². The van der Waals surface area contributed by atoms with Crippen molar-refractivity contribution in [1.82, 2.24) is 0 Å². The standard InChI is InChI=1S/C15H16N2O2/c18-11-16-14-8-4-5-9-15(14,17-12-19)10-13-6-2-1-3-7-13/h1-3,6-7,14H,4-5,8-10H2. The molecule has 98 valence electrons. The van der Waals surface area contributed by atoms with E-state index in [1.54, 1.807) is 12.2 Å². The quantitative estimate of drug-likeness (QED) is 0.614. The van der Waals surface area contributed by atoms with Crippen molar-refractivity contribution in [2.24, 2.45) is 9.98 Å². The van der Waals surface area contributed by atoms with Crippen LogP contribution in [0.15, 0.2) is 40.3 Å². The molecule has 1 fully saturated rings. The van der Waals surface area contributed by atoms with Crippen LogP contribution in [0, 0.1) is 0 Å². The third-order valence-electron chi connectivity index (χ3n) is 3.79. The molecule has 19 heavy (non-hydrogen) atoms. The summed E-state index contributed by atoms with van der Waals surface area (Å²) in [6.45, 7) is 0. The van der Waals surface area contributed by atoms with E-state index in [9.17, 15) is 9.59 Å². The second-order valence-corrected chi connectivity index (χ2v) is 4.95. The summed E-state index contributed by atoms with van der Waals surface area (Å²) >= 11 is 0. The van der Waals surface area contributed by atoms with Crippen LogP contribution >= 0.6 is 0 Å². The van der Waals surface area contributed by atoms with E-state index in [4.69, 9.17) is 0 Å². The largest absolute Gasteiger partial charge is 0.235 e. The fraction of sp³-hybridized carbons (Fsp3) is 0.467. The summed E-state index contributed by atoms with van der Waals surface area (Å²) in [6, 6.07) is 9.58. The van der Waals surface area contributed by atoms with Gasteiger partial charge in [0.2, 0.25) is 12.2 Å². The molecule has 1 aliphatic rings. The molecule has 2 rings (SSSR count). The van der Waals surface area contributed by atoms with Crippen LogP contribution in [0.5, 0.6) is 0 Å². The van der Waals surface area contributed by atoms with Crippen molar-refractivity contribution < 1.29 is 9.59 Å². The lowest BCUT2D eigenvalue weighted by molar-refractivity contribution is 0.254. The lowest BCUT2D eigenvalue weighted by Crippen LogP contribution is -2.44. The molecule has 2 unspecified atom stereocenters. The number of hydrogen-bond acceptors (Lipinski definition) is 4. The van der Waals surface area contributed by atoms with Crippen LogP contribution in [0.4, 0.5) is 0 Å². The Bertz CT molecular complexity index is 516. The van der Waals surface area contributed by atoms with Gasteiger partial charge in [0.15, 0.2) is 0 Å². The first-order chi connectivity index (χ1) is 9.30. The Morgan fingerprint density at radius 3 is 2.63 bits per heavy atom. The fourth-order valence-corrected chi connectivity index (χ4v) is 2.87. The molecule has 0 bridgehead atoms. The Morgan fingerprint density at radius 2 is 1.95 bits per heavy atom. The van der Waals surface area contributed by atoms with Crippen LogP contribution in [0.3, 0.4) is 0 Å². The number of aliphatic imine (C=N–C) groups is 2. The summed E-state index contributed by atoms with van der Waals surface area (Å²) in [6.07, 6.45) is 7.42. The molecule has 1 aromatic carbocycles. The van der Waals surface area contributed by atoms with Crippen molar-refractivity contribution in [1.29, 1.82) is 0 Å². The van der Waals surface area contributed by atoms with Crippen LogP contribution in [-0.2, 0) is 16.0 Å². The number of carbonyl (C=O) groups excluding carboxylic acids is 2. The summed E-state index contributed by atoms with van der Waals surface area (Å²) in [5, 5.41) is 0. The Labute approximate surface area is 112 Å². The Morgan fingerprint density at radius 1 is 1.16 bits per heavy atom. The van der Waals surface area contributed by atoms with Gasteiger partial charge in [0.1, 0.15) is 5.54 Å². The molecule has 4 heteroatoms. The zero-order chi connectivity index (χ0) is 13.6. The van der Waals surface area contributed by atoms with Gasteiger partial charge >= 0.3 is 0 Å². The van der Waals surface area contributed by atoms with E-state index in [0.29, 0.717) is 6.42 Å². The highest BCUT2D eigenvalue weighted by Gasteiger charge is 2.41. The topological polar surface area (TPSA) is 58.9 Å². The molecule has 1 aromatic rings. The van der Waals surface area contributed by atoms with Gasteiger partial charge in [-0.3, -0.25) is 0 Å². The van der Waals surface area contributed by atoms with Crippen molar-refractivity contribution in [3.63, 3.8) is 0 Å². The molecule has 4 nitrogen and oxygen atoms in total. The van der Waals surface area contributed by atoms with E-state index in [1.807, 2.05) is 30.3 Å². The van der Waals surface area contributed by atoms with Gasteiger partial charge in [-0.2, -0.15) is 9.98 Å². The predicted octanol–water partition coefficient (Wildman–Crippen LogP) is 2.58. The molecule has 0 saturated heterocycles. The van der Waals surface area contributed by atoms with E-state index in [0.717, 1.165) is 31.2 Å². The van der Waals surface area contributed by atoms with Gasteiger partial charge in [-0.1, -0.05) is 43.2 Å². The zero-order valence-electron chi connectivity index (χ0n) is 10.7. The van der Waals surface area contributed by atoms with Crippen molar-refractivity contribution >= 4 is 12.2 Å². The summed E-state index contributed by atoms with van der Waals surface area (Å²) in [5.74, 6) is 0. The number of rotatable bonds is 4. The van der Waals surface area contributed by atoms with Crippen molar-refractivity contribution in [3.8, 4) is 0 Å². The van der Waals surface area contributed by atoms with E-state index < -0.39 is 5.54 Å². The number of hydrogen-bond donors (Lipinski definition) is 0. The smallest absolute Gasteiger partial charge is 0.211 e. The van der Waals surface area contributed by atoms with Crippen LogP contribution < -0.4 is 0 Å². The molecule has 0 aliphatic heterocycles. The van der Waals surface area contributed by atoms with Gasteiger partial charge in [0.05, 0.1) is 6.04 Å². The van der Waals surface area contributed by atoms with Crippen LogP contribution in [-0.4, -0.2) is 23.7 Å². The molecular weight excluding hydrogens is 240 g/mol. The molecule has 0 aromatic heterocycles. The number of nitrogens with zero attached hydrogens (tertiary/aromatic N) is 2. The normalized spacial score (nSPS) is 26.0. The zero-order valence-corrected chi connectivity index (χ0v) is 10.7. The molecule has 0 heterocycles. The van der Waals surface area contributed by atoms with Crippen molar-refractivity contribution in [3.05, 3.63) is 35.9 Å². The van der Waals surface area contributed by atoms with Gasteiger partial charge < -0.3 is 0 Å². The average molecular weight is 256 g/mol. The highest BCUT2D eigenvalue weighted by molar-refractivity contribution is 5.39. The second-order valence-electron chi connectivity index (χ2n) is 4.95. The maximum atomic E-state index is 10.8. The molecule has 0 radical (unpaired) electrons. The first-order valence-electron chi connectivity index (χ1n) is 6.51. The molecule has 0 N–H and O–H groups in total. The lowest BCUT2D eigenvalue weighted by Gasteiger charge is -2.37. The summed E-state index contributed by atoms with van der Waals surface area (Å²) < 4.78 is 0. The first kappa shape index (κ1) is 13.4. The number of isocyanates is 2. The van der Waals surface area contributed by atoms with Crippen molar-refractivity contribution in [2.45, 2.75) is 43.7 Å². The lowest BCUT2D eigenvalue weighted by atomic mass is 9.74. The number of benzene rings is 1. The minimum atomic E-state index is -0.626. The first-order valence-corrected chi connectivity index (χ1v) is 6.51. The minimum absolute atomic E-state index is 0.264. The van der Waals surface area contributed by atoms with Crippen LogP contribution in [0.2, 0.25) is 0 Å². The third-order valence-corrected chi connectivity index (χ3v) is 3.79. The highest BCUT2D eigenvalue weighted by Crippen LogP contribution is 2.36. The van der Waals surface area contributed by atoms with Crippen molar-refractivity contribution in [2.75, 3.05) is 0 Å². The fourth-order valence-electron chi connectivity index (χ4n) is 2.87. The Hall–Kier alpha value is -2.02. The molecule has 1 saturated carbocycles.